The fourth-order valence-corrected chi connectivity index (χ4v) is 2.52. The second-order valence-electron chi connectivity index (χ2n) is 5.26. The van der Waals surface area contributed by atoms with Gasteiger partial charge in [0.15, 0.2) is 0 Å². The molecule has 0 aromatic carbocycles. The van der Waals surface area contributed by atoms with Gasteiger partial charge in [-0.15, -0.1) is 6.58 Å². The summed E-state index contributed by atoms with van der Waals surface area (Å²) < 4.78 is 0. The first-order valence-corrected chi connectivity index (χ1v) is 6.74. The zero-order valence-corrected chi connectivity index (χ0v) is 11.2. The van der Waals surface area contributed by atoms with Crippen LogP contribution in [-0.4, -0.2) is 25.0 Å². The van der Waals surface area contributed by atoms with E-state index < -0.39 is 0 Å². The van der Waals surface area contributed by atoms with Gasteiger partial charge in [-0.2, -0.15) is 0 Å². The van der Waals surface area contributed by atoms with Crippen LogP contribution in [0.25, 0.3) is 0 Å². The van der Waals surface area contributed by atoms with Crippen LogP contribution >= 0.6 is 0 Å². The van der Waals surface area contributed by atoms with Crippen molar-refractivity contribution in [3.05, 3.63) is 12.7 Å². The Kier molecular flexibility index (Phi) is 6.27. The van der Waals surface area contributed by atoms with Crippen molar-refractivity contribution in [2.24, 2.45) is 11.8 Å². The quantitative estimate of drug-likeness (QED) is 0.696. The average Bonchev–Trinajstić information content (AvgIpc) is 2.30. The van der Waals surface area contributed by atoms with Gasteiger partial charge in [0.25, 0.3) is 0 Å². The monoisotopic (exact) mass is 238 g/mol. The number of piperidine rings is 1. The third-order valence-electron chi connectivity index (χ3n) is 3.62. The molecule has 0 saturated carbocycles. The van der Waals surface area contributed by atoms with E-state index in [1.54, 1.807) is 0 Å². The van der Waals surface area contributed by atoms with Gasteiger partial charge in [0, 0.05) is 12.5 Å². The molecule has 0 aromatic heterocycles. The molecule has 98 valence electrons. The number of hydrogen-bond donors (Lipinski definition) is 2. The molecule has 1 fully saturated rings. The minimum atomic E-state index is 0.186. The summed E-state index contributed by atoms with van der Waals surface area (Å²) in [4.78, 5) is 11.8. The second kappa shape index (κ2) is 7.49. The van der Waals surface area contributed by atoms with Crippen LogP contribution in [0.2, 0.25) is 0 Å². The molecule has 2 unspecified atom stereocenters. The molecule has 2 N–H and O–H groups in total. The topological polar surface area (TPSA) is 41.1 Å². The lowest BCUT2D eigenvalue weighted by molar-refractivity contribution is -0.122. The van der Waals surface area contributed by atoms with Gasteiger partial charge in [-0.3, -0.25) is 4.79 Å². The van der Waals surface area contributed by atoms with Gasteiger partial charge in [-0.25, -0.2) is 0 Å². The van der Waals surface area contributed by atoms with Crippen LogP contribution in [0, 0.1) is 11.8 Å². The van der Waals surface area contributed by atoms with Crippen LogP contribution in [0.1, 0.15) is 39.5 Å². The molecule has 0 aliphatic carbocycles. The summed E-state index contributed by atoms with van der Waals surface area (Å²) in [6.07, 6.45) is 5.76. The van der Waals surface area contributed by atoms with E-state index in [4.69, 9.17) is 0 Å². The standard InChI is InChI=1S/C14H26N2O/c1-4-5-12(3)16-14(17)10-11(2)13-6-8-15-9-7-13/h4,11-13,15H,1,5-10H2,2-3H3,(H,16,17). The van der Waals surface area contributed by atoms with E-state index in [-0.39, 0.29) is 11.9 Å². The smallest absolute Gasteiger partial charge is 0.220 e. The lowest BCUT2D eigenvalue weighted by atomic mass is 9.84. The normalized spacial score (nSPS) is 20.6. The zero-order valence-electron chi connectivity index (χ0n) is 11.2. The predicted octanol–water partition coefficient (Wildman–Crippen LogP) is 2.09. The van der Waals surface area contributed by atoms with Crippen molar-refractivity contribution in [3.63, 3.8) is 0 Å². The van der Waals surface area contributed by atoms with Crippen molar-refractivity contribution in [1.82, 2.24) is 10.6 Å². The molecule has 0 spiro atoms. The lowest BCUT2D eigenvalue weighted by Crippen LogP contribution is -2.36. The fraction of sp³-hybridized carbons (Fsp3) is 0.786. The Morgan fingerprint density at radius 1 is 1.47 bits per heavy atom. The van der Waals surface area contributed by atoms with Crippen LogP contribution in [0.4, 0.5) is 0 Å². The molecular formula is C14H26N2O. The number of hydrogen-bond acceptors (Lipinski definition) is 2. The second-order valence-corrected chi connectivity index (χ2v) is 5.26. The molecule has 0 bridgehead atoms. The van der Waals surface area contributed by atoms with E-state index in [0.29, 0.717) is 18.3 Å². The SMILES string of the molecule is C=CCC(C)NC(=O)CC(C)C1CCNCC1. The molecule has 2 atom stereocenters. The van der Waals surface area contributed by atoms with E-state index >= 15 is 0 Å². The van der Waals surface area contributed by atoms with Gasteiger partial charge in [0.1, 0.15) is 0 Å². The summed E-state index contributed by atoms with van der Waals surface area (Å²) in [5, 5.41) is 6.39. The van der Waals surface area contributed by atoms with Crippen LogP contribution in [-0.2, 0) is 4.79 Å². The van der Waals surface area contributed by atoms with Crippen LogP contribution in [0.3, 0.4) is 0 Å². The van der Waals surface area contributed by atoms with Crippen molar-refractivity contribution in [3.8, 4) is 0 Å². The maximum absolute atomic E-state index is 11.8. The van der Waals surface area contributed by atoms with E-state index in [1.807, 2.05) is 13.0 Å². The minimum Gasteiger partial charge on any atom is -0.353 e. The van der Waals surface area contributed by atoms with Crippen molar-refractivity contribution in [1.29, 1.82) is 0 Å². The van der Waals surface area contributed by atoms with Crippen molar-refractivity contribution < 1.29 is 4.79 Å². The maximum atomic E-state index is 11.8. The summed E-state index contributed by atoms with van der Waals surface area (Å²) in [5.41, 5.74) is 0. The molecule has 1 amide bonds. The Bertz CT molecular complexity index is 247. The average molecular weight is 238 g/mol. The molecular weight excluding hydrogens is 212 g/mol. The molecule has 1 heterocycles. The molecule has 3 heteroatoms. The van der Waals surface area contributed by atoms with Crippen LogP contribution in [0.15, 0.2) is 12.7 Å². The first kappa shape index (κ1) is 14.2. The Labute approximate surface area is 105 Å². The third-order valence-corrected chi connectivity index (χ3v) is 3.62. The van der Waals surface area contributed by atoms with Crippen molar-refractivity contribution in [2.75, 3.05) is 13.1 Å². The minimum absolute atomic E-state index is 0.186. The van der Waals surface area contributed by atoms with Gasteiger partial charge in [0.2, 0.25) is 5.91 Å². The maximum Gasteiger partial charge on any atom is 0.220 e. The lowest BCUT2D eigenvalue weighted by Gasteiger charge is -2.28. The molecule has 1 saturated heterocycles. The fourth-order valence-electron chi connectivity index (χ4n) is 2.52. The largest absolute Gasteiger partial charge is 0.353 e. The van der Waals surface area contributed by atoms with Gasteiger partial charge >= 0.3 is 0 Å². The Morgan fingerprint density at radius 3 is 2.71 bits per heavy atom. The first-order chi connectivity index (χ1) is 8.13. The first-order valence-electron chi connectivity index (χ1n) is 6.74. The highest BCUT2D eigenvalue weighted by Gasteiger charge is 2.22. The Morgan fingerprint density at radius 2 is 2.12 bits per heavy atom. The summed E-state index contributed by atoms with van der Waals surface area (Å²) >= 11 is 0. The van der Waals surface area contributed by atoms with Gasteiger partial charge in [-0.05, 0) is 51.1 Å². The highest BCUT2D eigenvalue weighted by Crippen LogP contribution is 2.24. The third kappa shape index (κ3) is 5.35. The van der Waals surface area contributed by atoms with Crippen LogP contribution in [0.5, 0.6) is 0 Å². The highest BCUT2D eigenvalue weighted by molar-refractivity contribution is 5.76. The molecule has 17 heavy (non-hydrogen) atoms. The summed E-state index contributed by atoms with van der Waals surface area (Å²) in [6, 6.07) is 0.209. The van der Waals surface area contributed by atoms with E-state index in [0.717, 1.165) is 19.5 Å². The summed E-state index contributed by atoms with van der Waals surface area (Å²) in [7, 11) is 0. The Balaban J connectivity index is 2.26. The number of nitrogens with one attached hydrogen (secondary N) is 2. The highest BCUT2D eigenvalue weighted by atomic mass is 16.1. The van der Waals surface area contributed by atoms with E-state index in [2.05, 4.69) is 24.1 Å². The number of amides is 1. The van der Waals surface area contributed by atoms with Crippen molar-refractivity contribution in [2.45, 2.75) is 45.6 Å². The molecule has 0 aromatic rings. The Hall–Kier alpha value is -0.830. The number of carbonyl (C=O) groups is 1. The van der Waals surface area contributed by atoms with E-state index in [9.17, 15) is 4.79 Å². The number of carbonyl (C=O) groups excluding carboxylic acids is 1. The van der Waals surface area contributed by atoms with Crippen LogP contribution < -0.4 is 10.6 Å². The molecule has 3 nitrogen and oxygen atoms in total. The van der Waals surface area contributed by atoms with E-state index in [1.165, 1.54) is 12.8 Å². The molecule has 1 aliphatic heterocycles. The van der Waals surface area contributed by atoms with Gasteiger partial charge in [-0.1, -0.05) is 13.0 Å². The van der Waals surface area contributed by atoms with Gasteiger partial charge in [0.05, 0.1) is 0 Å². The summed E-state index contributed by atoms with van der Waals surface area (Å²) in [5.74, 6) is 1.38. The summed E-state index contributed by atoms with van der Waals surface area (Å²) in [6.45, 7) is 10.1. The zero-order chi connectivity index (χ0) is 12.7. The molecule has 0 radical (unpaired) electrons. The molecule has 1 aliphatic rings. The number of rotatable bonds is 6. The molecule has 1 rings (SSSR count). The van der Waals surface area contributed by atoms with Crippen molar-refractivity contribution >= 4 is 5.91 Å². The van der Waals surface area contributed by atoms with Gasteiger partial charge < -0.3 is 10.6 Å². The predicted molar refractivity (Wildman–Crippen MR) is 71.8 cm³/mol.